The van der Waals surface area contributed by atoms with E-state index in [9.17, 15) is 4.79 Å². The molecule has 2 heterocycles. The Kier molecular flexibility index (Phi) is 6.66. The largest absolute Gasteiger partial charge is 0.445 e. The monoisotopic (exact) mass is 355 g/mol. The highest BCUT2D eigenvalue weighted by atomic mass is 16.5. The molecule has 0 atom stereocenters. The lowest BCUT2D eigenvalue weighted by Crippen LogP contribution is -2.44. The van der Waals surface area contributed by atoms with E-state index in [2.05, 4.69) is 19.2 Å². The van der Waals surface area contributed by atoms with E-state index in [1.807, 2.05) is 30.3 Å². The van der Waals surface area contributed by atoms with E-state index in [4.69, 9.17) is 4.74 Å². The summed E-state index contributed by atoms with van der Waals surface area (Å²) in [7, 11) is 0. The van der Waals surface area contributed by atoms with Crippen LogP contribution in [0, 0.1) is 0 Å². The fraction of sp³-hybridized carbons (Fsp3) is 0.682. The first-order valence-electron chi connectivity index (χ1n) is 10.5. The Morgan fingerprint density at radius 2 is 1.73 bits per heavy atom. The zero-order chi connectivity index (χ0) is 18.4. The van der Waals surface area contributed by atoms with Crippen LogP contribution in [0.4, 0.5) is 4.79 Å². The van der Waals surface area contributed by atoms with Gasteiger partial charge in [0.25, 0.3) is 0 Å². The smallest absolute Gasteiger partial charge is 0.407 e. The Hall–Kier alpha value is -1.45. The van der Waals surface area contributed by atoms with Crippen molar-refractivity contribution in [3.63, 3.8) is 0 Å². The molecule has 1 aromatic carbocycles. The van der Waals surface area contributed by atoms with Crippen molar-refractivity contribution >= 4 is 12.8 Å². The van der Waals surface area contributed by atoms with Crippen molar-refractivity contribution in [2.45, 2.75) is 95.3 Å². The summed E-state index contributed by atoms with van der Waals surface area (Å²) in [5.41, 5.74) is 0.807. The third-order valence-corrected chi connectivity index (χ3v) is 6.50. The second-order valence-electron chi connectivity index (χ2n) is 9.01. The van der Waals surface area contributed by atoms with Crippen LogP contribution in [0.1, 0.15) is 70.8 Å². The van der Waals surface area contributed by atoms with Crippen molar-refractivity contribution in [2.75, 3.05) is 0 Å². The second-order valence-corrected chi connectivity index (χ2v) is 9.01. The molecule has 26 heavy (non-hydrogen) atoms. The highest BCUT2D eigenvalue weighted by molar-refractivity contribution is 6.62. The summed E-state index contributed by atoms with van der Waals surface area (Å²) >= 11 is 0. The van der Waals surface area contributed by atoms with E-state index in [1.165, 1.54) is 51.3 Å². The molecule has 3 rings (SSSR count). The molecule has 0 spiro atoms. The molecule has 0 saturated carbocycles. The molecule has 2 fully saturated rings. The number of nitrogens with one attached hydrogen (secondary N) is 1. The van der Waals surface area contributed by atoms with Crippen LogP contribution >= 0.6 is 0 Å². The van der Waals surface area contributed by atoms with Crippen LogP contribution in [-0.4, -0.2) is 18.3 Å². The molecule has 0 unspecified atom stereocenters. The standard InChI is InChI=1S/C22H34BNO2/c1-22(2,24-21(25)26-17-18-9-4-3-5-10-18)15-8-16-23-19-11-6-12-20(23)14-7-13-19/h3-5,9-10,19-20H,6-8,11-17H2,1-2H3,(H,24,25). The number of benzene rings is 1. The van der Waals surface area contributed by atoms with Gasteiger partial charge >= 0.3 is 6.09 Å². The summed E-state index contributed by atoms with van der Waals surface area (Å²) in [6.45, 7) is 5.49. The Balaban J connectivity index is 1.38. The lowest BCUT2D eigenvalue weighted by Gasteiger charge is -2.41. The summed E-state index contributed by atoms with van der Waals surface area (Å²) in [6, 6.07) is 9.83. The zero-order valence-corrected chi connectivity index (χ0v) is 16.5. The van der Waals surface area contributed by atoms with E-state index in [0.717, 1.165) is 30.3 Å². The van der Waals surface area contributed by atoms with Gasteiger partial charge in [-0.15, -0.1) is 0 Å². The summed E-state index contributed by atoms with van der Waals surface area (Å²) < 4.78 is 5.37. The van der Waals surface area contributed by atoms with Crippen LogP contribution in [0.25, 0.3) is 0 Å². The van der Waals surface area contributed by atoms with E-state index >= 15 is 0 Å². The minimum atomic E-state index is -0.312. The van der Waals surface area contributed by atoms with Crippen molar-refractivity contribution in [1.82, 2.24) is 5.32 Å². The van der Waals surface area contributed by atoms with Crippen LogP contribution in [0.5, 0.6) is 0 Å². The van der Waals surface area contributed by atoms with Crippen molar-refractivity contribution < 1.29 is 9.53 Å². The maximum absolute atomic E-state index is 12.1. The first-order valence-corrected chi connectivity index (χ1v) is 10.5. The molecular formula is C22H34BNO2. The molecule has 1 aromatic rings. The number of alkyl carbamates (subject to hydrolysis) is 1. The molecule has 2 bridgehead atoms. The van der Waals surface area contributed by atoms with E-state index in [-0.39, 0.29) is 11.6 Å². The number of carbonyl (C=O) groups excluding carboxylic acids is 1. The molecule has 0 aromatic heterocycles. The highest BCUT2D eigenvalue weighted by Gasteiger charge is 2.38. The van der Waals surface area contributed by atoms with Gasteiger partial charge in [0.05, 0.1) is 0 Å². The van der Waals surface area contributed by atoms with Gasteiger partial charge in [-0.1, -0.05) is 93.2 Å². The predicted octanol–water partition coefficient (Wildman–Crippen LogP) is 6.07. The average Bonchev–Trinajstić information content (AvgIpc) is 2.60. The van der Waals surface area contributed by atoms with Crippen molar-refractivity contribution in [1.29, 1.82) is 0 Å². The van der Waals surface area contributed by atoms with Gasteiger partial charge < -0.3 is 10.1 Å². The molecule has 0 radical (unpaired) electrons. The second kappa shape index (κ2) is 8.97. The topological polar surface area (TPSA) is 38.3 Å². The number of hydrogen-bond acceptors (Lipinski definition) is 2. The first kappa shape index (κ1) is 19.3. The van der Waals surface area contributed by atoms with Gasteiger partial charge in [-0.2, -0.15) is 0 Å². The van der Waals surface area contributed by atoms with Crippen LogP contribution in [0.2, 0.25) is 18.0 Å². The molecule has 3 nitrogen and oxygen atoms in total. The fourth-order valence-electron chi connectivity index (χ4n) is 5.16. The predicted molar refractivity (Wildman–Crippen MR) is 109 cm³/mol. The molecule has 2 saturated heterocycles. The van der Waals surface area contributed by atoms with E-state index in [1.54, 1.807) is 0 Å². The average molecular weight is 355 g/mol. The van der Waals surface area contributed by atoms with Gasteiger partial charge in [0.2, 0.25) is 0 Å². The normalized spacial score (nSPS) is 22.8. The van der Waals surface area contributed by atoms with Crippen molar-refractivity contribution in [3.8, 4) is 0 Å². The molecule has 0 aliphatic carbocycles. The number of ether oxygens (including phenoxy) is 1. The molecule has 2 aliphatic heterocycles. The van der Waals surface area contributed by atoms with Gasteiger partial charge in [0, 0.05) is 5.54 Å². The number of amides is 1. The summed E-state index contributed by atoms with van der Waals surface area (Å²) in [5.74, 6) is 1.96. The van der Waals surface area contributed by atoms with Gasteiger partial charge in [0.15, 0.2) is 0 Å². The fourth-order valence-corrected chi connectivity index (χ4v) is 5.16. The molecule has 1 amide bonds. The lowest BCUT2D eigenvalue weighted by atomic mass is 9.25. The Morgan fingerprint density at radius 1 is 1.12 bits per heavy atom. The third-order valence-electron chi connectivity index (χ3n) is 6.50. The van der Waals surface area contributed by atoms with Gasteiger partial charge in [0.1, 0.15) is 13.3 Å². The number of carbonyl (C=O) groups is 1. The Bertz CT molecular complexity index is 553. The van der Waals surface area contributed by atoms with Crippen LogP contribution < -0.4 is 5.32 Å². The van der Waals surface area contributed by atoms with Crippen LogP contribution in [0.15, 0.2) is 30.3 Å². The van der Waals surface area contributed by atoms with Crippen LogP contribution in [0.3, 0.4) is 0 Å². The highest BCUT2D eigenvalue weighted by Crippen LogP contribution is 2.48. The van der Waals surface area contributed by atoms with Crippen molar-refractivity contribution in [3.05, 3.63) is 35.9 Å². The van der Waals surface area contributed by atoms with Crippen LogP contribution in [-0.2, 0) is 11.3 Å². The third kappa shape index (κ3) is 5.52. The summed E-state index contributed by atoms with van der Waals surface area (Å²) in [6.07, 6.45) is 11.9. The molecule has 4 heteroatoms. The number of fused-ring (bicyclic) bond motifs is 2. The maximum atomic E-state index is 12.1. The Morgan fingerprint density at radius 3 is 2.35 bits per heavy atom. The number of rotatable bonds is 7. The van der Waals surface area contributed by atoms with E-state index in [0.29, 0.717) is 6.61 Å². The molecule has 1 N–H and O–H groups in total. The quantitative estimate of drug-likeness (QED) is 0.603. The molecular weight excluding hydrogens is 321 g/mol. The molecule has 142 valence electrons. The van der Waals surface area contributed by atoms with Gasteiger partial charge in [-0.3, -0.25) is 0 Å². The minimum absolute atomic E-state index is 0.211. The SMILES string of the molecule is CC(C)(CCCB1C2CCCC1CCC2)NC(=O)OCc1ccccc1. The van der Waals surface area contributed by atoms with Crippen molar-refractivity contribution in [2.24, 2.45) is 0 Å². The van der Waals surface area contributed by atoms with E-state index < -0.39 is 0 Å². The number of hydrogen-bond donors (Lipinski definition) is 1. The summed E-state index contributed by atoms with van der Waals surface area (Å²) in [4.78, 5) is 12.1. The summed E-state index contributed by atoms with van der Waals surface area (Å²) in [5, 5.41) is 3.05. The zero-order valence-electron chi connectivity index (χ0n) is 16.5. The lowest BCUT2D eigenvalue weighted by molar-refractivity contribution is 0.128. The minimum Gasteiger partial charge on any atom is -0.445 e. The van der Waals surface area contributed by atoms with Gasteiger partial charge in [-0.25, -0.2) is 4.79 Å². The molecule has 2 aliphatic rings. The maximum Gasteiger partial charge on any atom is 0.407 e. The Labute approximate surface area is 159 Å². The van der Waals surface area contributed by atoms with Gasteiger partial charge in [-0.05, 0) is 25.8 Å². The first-order chi connectivity index (χ1) is 12.5.